The van der Waals surface area contributed by atoms with Gasteiger partial charge in [-0.25, -0.2) is 0 Å². The number of benzene rings is 2. The Morgan fingerprint density at radius 1 is 1.06 bits per heavy atom. The summed E-state index contributed by atoms with van der Waals surface area (Å²) < 4.78 is 11.0. The SMILES string of the molecule is C=CCOc1ccc(/C(O)=C2\C(=O)C(=O)N(CCN(C)C)C2c2ccc(OCC)cc2)cc1. The lowest BCUT2D eigenvalue weighted by atomic mass is 9.95. The van der Waals surface area contributed by atoms with Crippen LogP contribution < -0.4 is 9.47 Å². The van der Waals surface area contributed by atoms with E-state index in [1.807, 2.05) is 38.1 Å². The average molecular weight is 451 g/mol. The van der Waals surface area contributed by atoms with Crippen molar-refractivity contribution in [2.75, 3.05) is 40.4 Å². The van der Waals surface area contributed by atoms with Crippen LogP contribution in [0.4, 0.5) is 0 Å². The largest absolute Gasteiger partial charge is 0.507 e. The Balaban J connectivity index is 2.04. The zero-order chi connectivity index (χ0) is 24.0. The molecule has 1 saturated heterocycles. The van der Waals surface area contributed by atoms with Gasteiger partial charge in [-0.2, -0.15) is 0 Å². The Bertz CT molecular complexity index is 1030. The number of rotatable bonds is 10. The third kappa shape index (κ3) is 5.43. The van der Waals surface area contributed by atoms with Crippen molar-refractivity contribution in [2.24, 2.45) is 0 Å². The van der Waals surface area contributed by atoms with E-state index in [0.29, 0.717) is 43.4 Å². The number of ketones is 1. The maximum absolute atomic E-state index is 13.1. The number of ether oxygens (including phenoxy) is 2. The molecule has 1 atom stereocenters. The molecule has 0 saturated carbocycles. The number of carbonyl (C=O) groups excluding carboxylic acids is 2. The van der Waals surface area contributed by atoms with E-state index in [0.717, 1.165) is 5.56 Å². The first-order valence-electron chi connectivity index (χ1n) is 10.9. The molecule has 0 bridgehead atoms. The molecule has 1 aliphatic heterocycles. The predicted octanol–water partition coefficient (Wildman–Crippen LogP) is 3.63. The summed E-state index contributed by atoms with van der Waals surface area (Å²) in [7, 11) is 3.80. The third-order valence-corrected chi connectivity index (χ3v) is 5.33. The quantitative estimate of drug-likeness (QED) is 0.258. The Morgan fingerprint density at radius 2 is 1.67 bits per heavy atom. The summed E-state index contributed by atoms with van der Waals surface area (Å²) in [5.74, 6) is -0.224. The summed E-state index contributed by atoms with van der Waals surface area (Å²) in [5, 5.41) is 11.1. The summed E-state index contributed by atoms with van der Waals surface area (Å²) in [5.41, 5.74) is 1.23. The van der Waals surface area contributed by atoms with Gasteiger partial charge in [0.2, 0.25) is 0 Å². The molecule has 2 aromatic carbocycles. The molecule has 7 nitrogen and oxygen atoms in total. The van der Waals surface area contributed by atoms with Crippen molar-refractivity contribution in [3.05, 3.63) is 77.9 Å². The van der Waals surface area contributed by atoms with E-state index in [9.17, 15) is 14.7 Å². The summed E-state index contributed by atoms with van der Waals surface area (Å²) in [6, 6.07) is 13.3. The van der Waals surface area contributed by atoms with Crippen molar-refractivity contribution in [1.29, 1.82) is 0 Å². The van der Waals surface area contributed by atoms with Crippen LogP contribution in [0, 0.1) is 0 Å². The molecule has 1 amide bonds. The van der Waals surface area contributed by atoms with Gasteiger partial charge >= 0.3 is 0 Å². The van der Waals surface area contributed by atoms with E-state index in [1.54, 1.807) is 42.5 Å². The molecule has 33 heavy (non-hydrogen) atoms. The molecule has 0 aliphatic carbocycles. The normalized spacial score (nSPS) is 17.5. The molecule has 0 spiro atoms. The minimum atomic E-state index is -0.697. The summed E-state index contributed by atoms with van der Waals surface area (Å²) >= 11 is 0. The fourth-order valence-corrected chi connectivity index (χ4v) is 3.70. The predicted molar refractivity (Wildman–Crippen MR) is 127 cm³/mol. The van der Waals surface area contributed by atoms with Crippen LogP contribution in [0.1, 0.15) is 24.1 Å². The van der Waals surface area contributed by atoms with Crippen LogP contribution in [0.15, 0.2) is 66.8 Å². The van der Waals surface area contributed by atoms with Crippen molar-refractivity contribution >= 4 is 17.4 Å². The van der Waals surface area contributed by atoms with Crippen LogP contribution in [-0.4, -0.2) is 67.0 Å². The van der Waals surface area contributed by atoms with Gasteiger partial charge in [0, 0.05) is 18.7 Å². The highest BCUT2D eigenvalue weighted by molar-refractivity contribution is 6.46. The van der Waals surface area contributed by atoms with E-state index in [2.05, 4.69) is 6.58 Å². The van der Waals surface area contributed by atoms with Gasteiger partial charge in [0.05, 0.1) is 18.2 Å². The van der Waals surface area contributed by atoms with Crippen molar-refractivity contribution in [3.8, 4) is 11.5 Å². The Hall–Kier alpha value is -3.58. The van der Waals surface area contributed by atoms with Crippen LogP contribution >= 0.6 is 0 Å². The second-order valence-electron chi connectivity index (χ2n) is 7.92. The van der Waals surface area contributed by atoms with Gasteiger partial charge in [-0.05, 0) is 63.0 Å². The van der Waals surface area contributed by atoms with Gasteiger partial charge in [0.1, 0.15) is 23.9 Å². The van der Waals surface area contributed by atoms with Crippen LogP contribution in [-0.2, 0) is 9.59 Å². The van der Waals surface area contributed by atoms with Crippen molar-refractivity contribution in [1.82, 2.24) is 9.80 Å². The number of likely N-dealkylation sites (tertiary alicyclic amines) is 1. The highest BCUT2D eigenvalue weighted by Gasteiger charge is 2.45. The number of aliphatic hydroxyl groups excluding tert-OH is 1. The number of hydrogen-bond donors (Lipinski definition) is 1. The highest BCUT2D eigenvalue weighted by Crippen LogP contribution is 2.39. The maximum Gasteiger partial charge on any atom is 0.295 e. The number of Topliss-reactive ketones (excluding diaryl/α,β-unsaturated/α-hetero) is 1. The van der Waals surface area contributed by atoms with Gasteiger partial charge in [-0.15, -0.1) is 0 Å². The molecule has 0 aromatic heterocycles. The molecule has 2 aromatic rings. The molecule has 1 aliphatic rings. The standard InChI is InChI=1S/C26H30N2O5/c1-5-17-33-21-13-9-19(10-14-21)24(29)22-23(18-7-11-20(12-8-18)32-6-2)28(16-15-27(3)4)26(31)25(22)30/h5,7-14,23,29H,1,6,15-17H2,2-4H3/b24-22+. The van der Waals surface area contributed by atoms with Crippen molar-refractivity contribution in [2.45, 2.75) is 13.0 Å². The van der Waals surface area contributed by atoms with Crippen molar-refractivity contribution < 1.29 is 24.2 Å². The number of hydrogen-bond acceptors (Lipinski definition) is 6. The highest BCUT2D eigenvalue weighted by atomic mass is 16.5. The first-order valence-corrected chi connectivity index (χ1v) is 10.9. The molecule has 1 heterocycles. The van der Waals surface area contributed by atoms with E-state index >= 15 is 0 Å². The second kappa shape index (κ2) is 10.8. The zero-order valence-corrected chi connectivity index (χ0v) is 19.3. The van der Waals surface area contributed by atoms with Gasteiger partial charge in [-0.1, -0.05) is 24.8 Å². The van der Waals surface area contributed by atoms with E-state index in [1.165, 1.54) is 4.90 Å². The van der Waals surface area contributed by atoms with E-state index in [-0.39, 0.29) is 11.3 Å². The fraction of sp³-hybridized carbons (Fsp3) is 0.308. The lowest BCUT2D eigenvalue weighted by molar-refractivity contribution is -0.140. The molecular formula is C26H30N2O5. The third-order valence-electron chi connectivity index (χ3n) is 5.33. The summed E-state index contributed by atoms with van der Waals surface area (Å²) in [6.45, 7) is 7.34. The second-order valence-corrected chi connectivity index (χ2v) is 7.92. The maximum atomic E-state index is 13.1. The number of nitrogens with zero attached hydrogens (tertiary/aromatic N) is 2. The summed E-state index contributed by atoms with van der Waals surface area (Å²) in [4.78, 5) is 29.5. The van der Waals surface area contributed by atoms with Gasteiger partial charge in [-0.3, -0.25) is 9.59 Å². The lowest BCUT2D eigenvalue weighted by Gasteiger charge is -2.26. The number of likely N-dealkylation sites (N-methyl/N-ethyl adjacent to an activating group) is 1. The minimum absolute atomic E-state index is 0.0719. The van der Waals surface area contributed by atoms with Crippen LogP contribution in [0.25, 0.3) is 5.76 Å². The molecule has 7 heteroatoms. The van der Waals surface area contributed by atoms with Crippen LogP contribution in [0.3, 0.4) is 0 Å². The molecular weight excluding hydrogens is 420 g/mol. The van der Waals surface area contributed by atoms with Gasteiger partial charge in [0.25, 0.3) is 11.7 Å². The Morgan fingerprint density at radius 3 is 2.24 bits per heavy atom. The van der Waals surface area contributed by atoms with Crippen molar-refractivity contribution in [3.63, 3.8) is 0 Å². The van der Waals surface area contributed by atoms with Crippen LogP contribution in [0.2, 0.25) is 0 Å². The Labute approximate surface area is 194 Å². The topological polar surface area (TPSA) is 79.3 Å². The first-order chi connectivity index (χ1) is 15.9. The number of carbonyl (C=O) groups is 2. The smallest absolute Gasteiger partial charge is 0.295 e. The van der Waals surface area contributed by atoms with E-state index in [4.69, 9.17) is 9.47 Å². The first kappa shape index (κ1) is 24.1. The monoisotopic (exact) mass is 450 g/mol. The van der Waals surface area contributed by atoms with Crippen LogP contribution in [0.5, 0.6) is 11.5 Å². The Kier molecular flexibility index (Phi) is 7.90. The lowest BCUT2D eigenvalue weighted by Crippen LogP contribution is -2.35. The minimum Gasteiger partial charge on any atom is -0.507 e. The fourth-order valence-electron chi connectivity index (χ4n) is 3.70. The molecule has 174 valence electrons. The number of aliphatic hydroxyl groups is 1. The molecule has 1 unspecified atom stereocenters. The summed E-state index contributed by atoms with van der Waals surface area (Å²) in [6.07, 6.45) is 1.64. The average Bonchev–Trinajstić information content (AvgIpc) is 3.06. The number of amides is 1. The van der Waals surface area contributed by atoms with Gasteiger partial charge < -0.3 is 24.4 Å². The molecule has 3 rings (SSSR count). The van der Waals surface area contributed by atoms with Gasteiger partial charge in [0.15, 0.2) is 0 Å². The molecule has 1 fully saturated rings. The molecule has 0 radical (unpaired) electrons. The molecule has 1 N–H and O–H groups in total. The van der Waals surface area contributed by atoms with E-state index < -0.39 is 17.7 Å². The zero-order valence-electron chi connectivity index (χ0n) is 19.3.